The number of carbonyl (C=O) groups is 2. The molecule has 2 N–H and O–H groups in total. The van der Waals surface area contributed by atoms with E-state index in [2.05, 4.69) is 25.6 Å². The summed E-state index contributed by atoms with van der Waals surface area (Å²) in [6.45, 7) is 1.59. The molecule has 2 amide bonds. The summed E-state index contributed by atoms with van der Waals surface area (Å²) in [5.74, 6) is 0.150. The van der Waals surface area contributed by atoms with Gasteiger partial charge in [0, 0.05) is 6.20 Å². The molecule has 9 nitrogen and oxygen atoms in total. The van der Waals surface area contributed by atoms with E-state index in [9.17, 15) is 9.59 Å². The van der Waals surface area contributed by atoms with Gasteiger partial charge in [0.1, 0.15) is 16.5 Å². The standard InChI is InChI=1S/C17H18ClN3O6/c1-10(15(22)20-24-2)26-12-4-6-13(7-5-12)27-17-14(18)8-11(9-19-17)16(23)21-25-3/h4-10H,1-3H3,(H,20,22)(H,21,23). The molecule has 0 aliphatic rings. The highest BCUT2D eigenvalue weighted by atomic mass is 35.5. The minimum Gasteiger partial charge on any atom is -0.481 e. The molecule has 1 heterocycles. The first kappa shape index (κ1) is 20.4. The van der Waals surface area contributed by atoms with Crippen molar-refractivity contribution in [3.63, 3.8) is 0 Å². The largest absolute Gasteiger partial charge is 0.481 e. The smallest absolute Gasteiger partial charge is 0.284 e. The number of rotatable bonds is 8. The summed E-state index contributed by atoms with van der Waals surface area (Å²) in [6, 6.07) is 7.91. The molecule has 1 atom stereocenters. The van der Waals surface area contributed by atoms with Crippen molar-refractivity contribution in [1.82, 2.24) is 15.9 Å². The second-order valence-corrected chi connectivity index (χ2v) is 5.56. The number of pyridine rings is 1. The molecule has 1 unspecified atom stereocenters. The summed E-state index contributed by atoms with van der Waals surface area (Å²) >= 11 is 6.10. The SMILES string of the molecule is CONC(=O)c1cnc(Oc2ccc(OC(C)C(=O)NOC)cc2)c(Cl)c1. The fourth-order valence-electron chi connectivity index (χ4n) is 1.92. The molecule has 10 heteroatoms. The number of amides is 2. The maximum absolute atomic E-state index is 11.7. The second kappa shape index (κ2) is 9.72. The molecule has 2 aromatic rings. The maximum Gasteiger partial charge on any atom is 0.284 e. The molecule has 2 rings (SSSR count). The van der Waals surface area contributed by atoms with Gasteiger partial charge in [0.2, 0.25) is 5.88 Å². The second-order valence-electron chi connectivity index (χ2n) is 5.15. The van der Waals surface area contributed by atoms with Crippen molar-refractivity contribution >= 4 is 23.4 Å². The zero-order valence-electron chi connectivity index (χ0n) is 14.8. The minimum absolute atomic E-state index is 0.132. The first-order valence-electron chi connectivity index (χ1n) is 7.71. The van der Waals surface area contributed by atoms with Crippen LogP contribution in [0, 0.1) is 0 Å². The lowest BCUT2D eigenvalue weighted by Gasteiger charge is -2.14. The van der Waals surface area contributed by atoms with Crippen molar-refractivity contribution in [3.05, 3.63) is 47.1 Å². The average molecular weight is 396 g/mol. The zero-order valence-corrected chi connectivity index (χ0v) is 15.6. The molecule has 0 fully saturated rings. The van der Waals surface area contributed by atoms with Gasteiger partial charge in [0.05, 0.1) is 19.8 Å². The average Bonchev–Trinajstić information content (AvgIpc) is 2.65. The van der Waals surface area contributed by atoms with E-state index in [1.165, 1.54) is 26.5 Å². The summed E-state index contributed by atoms with van der Waals surface area (Å²) in [5.41, 5.74) is 4.58. The molecule has 1 aromatic heterocycles. The number of nitrogens with one attached hydrogen (secondary N) is 2. The van der Waals surface area contributed by atoms with Gasteiger partial charge < -0.3 is 9.47 Å². The summed E-state index contributed by atoms with van der Waals surface area (Å²) in [7, 11) is 2.66. The number of benzene rings is 1. The number of ether oxygens (including phenoxy) is 2. The van der Waals surface area contributed by atoms with Crippen LogP contribution in [0.4, 0.5) is 0 Å². The number of aromatic nitrogens is 1. The van der Waals surface area contributed by atoms with Gasteiger partial charge in [-0.15, -0.1) is 0 Å². The van der Waals surface area contributed by atoms with E-state index < -0.39 is 17.9 Å². The van der Waals surface area contributed by atoms with Crippen LogP contribution in [0.15, 0.2) is 36.5 Å². The topological polar surface area (TPSA) is 108 Å². The first-order chi connectivity index (χ1) is 12.9. The van der Waals surface area contributed by atoms with E-state index in [1.54, 1.807) is 31.2 Å². The van der Waals surface area contributed by atoms with Crippen LogP contribution < -0.4 is 20.4 Å². The summed E-state index contributed by atoms with van der Waals surface area (Å²) in [6.07, 6.45) is 0.571. The summed E-state index contributed by atoms with van der Waals surface area (Å²) in [4.78, 5) is 36.3. The Morgan fingerprint density at radius 3 is 2.30 bits per heavy atom. The van der Waals surface area contributed by atoms with Crippen LogP contribution in [0.2, 0.25) is 5.02 Å². The Labute approximate surface area is 160 Å². The Morgan fingerprint density at radius 1 is 1.07 bits per heavy atom. The van der Waals surface area contributed by atoms with Gasteiger partial charge in [-0.1, -0.05) is 11.6 Å². The van der Waals surface area contributed by atoms with Gasteiger partial charge in [-0.3, -0.25) is 19.3 Å². The summed E-state index contributed by atoms with van der Waals surface area (Å²) < 4.78 is 11.1. The molecule has 0 bridgehead atoms. The number of carbonyl (C=O) groups excluding carboxylic acids is 2. The number of hydrogen-bond donors (Lipinski definition) is 2. The van der Waals surface area contributed by atoms with E-state index in [0.29, 0.717) is 11.5 Å². The third kappa shape index (κ3) is 5.81. The third-order valence-corrected chi connectivity index (χ3v) is 3.46. The Kier molecular flexibility index (Phi) is 7.35. The lowest BCUT2D eigenvalue weighted by atomic mass is 10.3. The molecule has 0 aliphatic carbocycles. The Hall–Kier alpha value is -2.88. The Morgan fingerprint density at radius 2 is 1.70 bits per heavy atom. The Balaban J connectivity index is 2.02. The molecule has 0 radical (unpaired) electrons. The van der Waals surface area contributed by atoms with Crippen LogP contribution in [0.25, 0.3) is 0 Å². The van der Waals surface area contributed by atoms with Gasteiger partial charge in [0.25, 0.3) is 11.8 Å². The van der Waals surface area contributed by atoms with Crippen molar-refractivity contribution < 1.29 is 28.7 Å². The van der Waals surface area contributed by atoms with E-state index in [-0.39, 0.29) is 16.5 Å². The van der Waals surface area contributed by atoms with Crippen LogP contribution in [0.5, 0.6) is 17.4 Å². The molecular weight excluding hydrogens is 378 g/mol. The van der Waals surface area contributed by atoms with Gasteiger partial charge in [0.15, 0.2) is 6.10 Å². The van der Waals surface area contributed by atoms with Crippen molar-refractivity contribution in [1.29, 1.82) is 0 Å². The fourth-order valence-corrected chi connectivity index (χ4v) is 2.12. The highest BCUT2D eigenvalue weighted by Crippen LogP contribution is 2.29. The van der Waals surface area contributed by atoms with E-state index in [0.717, 1.165) is 0 Å². The number of hydrogen-bond acceptors (Lipinski definition) is 7. The number of hydroxylamine groups is 2. The highest BCUT2D eigenvalue weighted by Gasteiger charge is 2.15. The lowest BCUT2D eigenvalue weighted by Crippen LogP contribution is -2.35. The van der Waals surface area contributed by atoms with Crippen LogP contribution in [-0.2, 0) is 14.5 Å². The molecule has 27 heavy (non-hydrogen) atoms. The molecule has 144 valence electrons. The van der Waals surface area contributed by atoms with E-state index in [1.807, 2.05) is 0 Å². The zero-order chi connectivity index (χ0) is 19.8. The molecule has 0 aliphatic heterocycles. The normalized spacial score (nSPS) is 11.4. The van der Waals surface area contributed by atoms with Crippen molar-refractivity contribution in [2.24, 2.45) is 0 Å². The van der Waals surface area contributed by atoms with Crippen molar-refractivity contribution in [2.45, 2.75) is 13.0 Å². The Bertz CT molecular complexity index is 800. The highest BCUT2D eigenvalue weighted by molar-refractivity contribution is 6.32. The molecule has 0 spiro atoms. The predicted molar refractivity (Wildman–Crippen MR) is 95.5 cm³/mol. The van der Waals surface area contributed by atoms with Crippen LogP contribution in [0.1, 0.15) is 17.3 Å². The number of nitrogens with zero attached hydrogens (tertiary/aromatic N) is 1. The third-order valence-electron chi connectivity index (χ3n) is 3.19. The molecular formula is C17H18ClN3O6. The van der Waals surface area contributed by atoms with Gasteiger partial charge in [-0.25, -0.2) is 15.9 Å². The quantitative estimate of drug-likeness (QED) is 0.660. The van der Waals surface area contributed by atoms with E-state index >= 15 is 0 Å². The maximum atomic E-state index is 11.7. The molecule has 0 saturated carbocycles. The van der Waals surface area contributed by atoms with Crippen LogP contribution >= 0.6 is 11.6 Å². The predicted octanol–water partition coefficient (Wildman–Crippen LogP) is 2.26. The monoisotopic (exact) mass is 395 g/mol. The van der Waals surface area contributed by atoms with Gasteiger partial charge in [-0.05, 0) is 37.3 Å². The van der Waals surface area contributed by atoms with Gasteiger partial charge >= 0.3 is 0 Å². The van der Waals surface area contributed by atoms with E-state index in [4.69, 9.17) is 21.1 Å². The molecule has 1 aromatic carbocycles. The number of halogens is 1. The van der Waals surface area contributed by atoms with Gasteiger partial charge in [-0.2, -0.15) is 0 Å². The molecule has 0 saturated heterocycles. The summed E-state index contributed by atoms with van der Waals surface area (Å²) in [5, 5.41) is 0.156. The van der Waals surface area contributed by atoms with Crippen LogP contribution in [-0.4, -0.2) is 37.1 Å². The fraction of sp³-hybridized carbons (Fsp3) is 0.235. The lowest BCUT2D eigenvalue weighted by molar-refractivity contribution is -0.137. The minimum atomic E-state index is -0.737. The van der Waals surface area contributed by atoms with Crippen molar-refractivity contribution in [3.8, 4) is 17.4 Å². The van der Waals surface area contributed by atoms with Crippen LogP contribution in [0.3, 0.4) is 0 Å². The first-order valence-corrected chi connectivity index (χ1v) is 8.08. The van der Waals surface area contributed by atoms with Crippen molar-refractivity contribution in [2.75, 3.05) is 14.2 Å².